The molecule has 0 radical (unpaired) electrons. The molecule has 0 saturated carbocycles. The van der Waals surface area contributed by atoms with Crippen LogP contribution in [0.15, 0.2) is 120 Å². The van der Waals surface area contributed by atoms with Crippen LogP contribution in [-0.2, 0) is 0 Å². The Bertz CT molecular complexity index is 1500. The smallest absolute Gasteiger partial charge is 0.109 e. The number of rotatable bonds is 3. The van der Waals surface area contributed by atoms with Gasteiger partial charge >= 0.3 is 0 Å². The molecule has 2 aliphatic carbocycles. The molecule has 3 aromatic rings. The Hall–Kier alpha value is -3.89. The maximum atomic E-state index is 4.82. The van der Waals surface area contributed by atoms with Crippen LogP contribution >= 0.6 is 11.3 Å². The minimum Gasteiger partial charge on any atom is -0.381 e. The molecule has 4 heteroatoms. The molecule has 1 atom stereocenters. The van der Waals surface area contributed by atoms with Gasteiger partial charge in [0.25, 0.3) is 0 Å². The van der Waals surface area contributed by atoms with Crippen molar-refractivity contribution in [3.05, 3.63) is 131 Å². The van der Waals surface area contributed by atoms with Crippen molar-refractivity contribution in [3.63, 3.8) is 0 Å². The van der Waals surface area contributed by atoms with Crippen LogP contribution in [0, 0.1) is 0 Å². The first-order valence-electron chi connectivity index (χ1n) is 12.7. The van der Waals surface area contributed by atoms with E-state index in [0.717, 1.165) is 31.4 Å². The molecule has 0 spiro atoms. The lowest BCUT2D eigenvalue weighted by Crippen LogP contribution is -2.18. The van der Waals surface area contributed by atoms with Gasteiger partial charge in [0.2, 0.25) is 0 Å². The zero-order chi connectivity index (χ0) is 23.9. The molecular formula is C32H27N3S. The predicted molar refractivity (Wildman–Crippen MR) is 151 cm³/mol. The highest BCUT2D eigenvalue weighted by Gasteiger charge is 2.36. The van der Waals surface area contributed by atoms with Crippen LogP contribution < -0.4 is 10.2 Å². The van der Waals surface area contributed by atoms with E-state index in [2.05, 4.69) is 101 Å². The summed E-state index contributed by atoms with van der Waals surface area (Å²) in [5, 5.41) is 4.91. The number of fused-ring (bicyclic) bond motifs is 3. The molecule has 2 aliphatic heterocycles. The van der Waals surface area contributed by atoms with Crippen molar-refractivity contribution in [2.24, 2.45) is 0 Å². The number of pyridine rings is 1. The number of hydrogen-bond donors (Lipinski definition) is 1. The molecular weight excluding hydrogens is 458 g/mol. The number of hydrogen-bond acceptors (Lipinski definition) is 4. The predicted octanol–water partition coefficient (Wildman–Crippen LogP) is 8.38. The third kappa shape index (κ3) is 3.44. The zero-order valence-electron chi connectivity index (χ0n) is 20.0. The molecule has 0 saturated heterocycles. The topological polar surface area (TPSA) is 28.2 Å². The number of nitrogens with one attached hydrogen (secondary N) is 1. The highest BCUT2D eigenvalue weighted by molar-refractivity contribution is 7.20. The van der Waals surface area contributed by atoms with E-state index in [1.807, 2.05) is 23.6 Å². The Morgan fingerprint density at radius 3 is 2.53 bits per heavy atom. The van der Waals surface area contributed by atoms with Gasteiger partial charge in [0.15, 0.2) is 0 Å². The van der Waals surface area contributed by atoms with Crippen molar-refractivity contribution in [2.45, 2.75) is 31.7 Å². The van der Waals surface area contributed by atoms with Crippen LogP contribution in [0.25, 0.3) is 16.1 Å². The first-order valence-corrected chi connectivity index (χ1v) is 13.5. The lowest BCUT2D eigenvalue weighted by atomic mass is 9.83. The Balaban J connectivity index is 1.59. The standard InChI is InChI=1S/C32H27N3S/c1-2-12-22(13-3-1)35-28-19-7-6-15-24(28)23-14-4-5-16-25(23)29-30(26-17-8-10-20-33-26)31(36-32(29)35)27-18-9-11-21-34-27/h1-3,5,7-13,16-21,26,33H,4,6,14-15H2. The average Bonchev–Trinajstić information content (AvgIpc) is 3.30. The third-order valence-corrected chi connectivity index (χ3v) is 8.54. The van der Waals surface area contributed by atoms with E-state index in [0.29, 0.717) is 0 Å². The van der Waals surface area contributed by atoms with E-state index in [1.54, 1.807) is 0 Å². The minimum atomic E-state index is 0.0828. The van der Waals surface area contributed by atoms with Crippen LogP contribution in [0.4, 0.5) is 10.7 Å². The van der Waals surface area contributed by atoms with Gasteiger partial charge in [0.1, 0.15) is 5.00 Å². The van der Waals surface area contributed by atoms with Crippen molar-refractivity contribution in [3.8, 4) is 10.6 Å². The average molecular weight is 486 g/mol. The maximum absolute atomic E-state index is 4.82. The molecule has 0 amide bonds. The number of anilines is 2. The van der Waals surface area contributed by atoms with Gasteiger partial charge in [-0.2, -0.15) is 0 Å². The molecule has 176 valence electrons. The van der Waals surface area contributed by atoms with Gasteiger partial charge < -0.3 is 10.2 Å². The molecule has 1 aromatic carbocycles. The first kappa shape index (κ1) is 21.4. The van der Waals surface area contributed by atoms with E-state index >= 15 is 0 Å². The van der Waals surface area contributed by atoms with Gasteiger partial charge in [-0.05, 0) is 85.0 Å². The fraction of sp³-hybridized carbons (Fsp3) is 0.156. The van der Waals surface area contributed by atoms with Gasteiger partial charge in [0, 0.05) is 23.0 Å². The highest BCUT2D eigenvalue weighted by atomic mass is 32.1. The summed E-state index contributed by atoms with van der Waals surface area (Å²) in [6.07, 6.45) is 24.2. The van der Waals surface area contributed by atoms with Gasteiger partial charge in [-0.25, -0.2) is 0 Å². The zero-order valence-corrected chi connectivity index (χ0v) is 20.8. The van der Waals surface area contributed by atoms with Crippen LogP contribution in [-0.4, -0.2) is 4.98 Å². The summed E-state index contributed by atoms with van der Waals surface area (Å²) >= 11 is 1.87. The number of dihydropyridines is 1. The maximum Gasteiger partial charge on any atom is 0.109 e. The van der Waals surface area contributed by atoms with Crippen LogP contribution in [0.1, 0.15) is 42.9 Å². The molecule has 1 N–H and O–H groups in total. The van der Waals surface area contributed by atoms with Gasteiger partial charge in [-0.3, -0.25) is 4.98 Å². The molecule has 0 bridgehead atoms. The van der Waals surface area contributed by atoms with Crippen LogP contribution in [0.3, 0.4) is 0 Å². The number of benzene rings is 1. The number of aromatic nitrogens is 1. The second-order valence-electron chi connectivity index (χ2n) is 9.44. The van der Waals surface area contributed by atoms with Crippen molar-refractivity contribution in [1.29, 1.82) is 0 Å². The molecule has 4 heterocycles. The Morgan fingerprint density at radius 2 is 1.72 bits per heavy atom. The molecule has 4 aliphatic rings. The number of para-hydroxylation sites is 1. The van der Waals surface area contributed by atoms with E-state index in [-0.39, 0.29) is 6.04 Å². The lowest BCUT2D eigenvalue weighted by Gasteiger charge is -2.29. The lowest BCUT2D eigenvalue weighted by molar-refractivity contribution is 0.748. The van der Waals surface area contributed by atoms with Gasteiger partial charge in [0.05, 0.1) is 22.3 Å². The molecule has 1 unspecified atom stereocenters. The first-order chi connectivity index (χ1) is 17.9. The summed E-state index contributed by atoms with van der Waals surface area (Å²) in [5.74, 6) is 0. The van der Waals surface area contributed by atoms with E-state index in [1.165, 1.54) is 49.1 Å². The number of allylic oxidation sites excluding steroid dienone is 9. The quantitative estimate of drug-likeness (QED) is 0.404. The van der Waals surface area contributed by atoms with E-state index < -0.39 is 0 Å². The van der Waals surface area contributed by atoms with Crippen LogP contribution in [0.2, 0.25) is 0 Å². The van der Waals surface area contributed by atoms with Crippen molar-refractivity contribution >= 4 is 27.6 Å². The molecule has 7 rings (SSSR count). The molecule has 36 heavy (non-hydrogen) atoms. The van der Waals surface area contributed by atoms with E-state index in [9.17, 15) is 0 Å². The summed E-state index contributed by atoms with van der Waals surface area (Å²) in [4.78, 5) is 8.56. The van der Waals surface area contributed by atoms with Gasteiger partial charge in [-0.1, -0.05) is 54.6 Å². The summed E-state index contributed by atoms with van der Waals surface area (Å²) in [5.41, 5.74) is 10.6. The Labute approximate surface area is 216 Å². The normalized spacial score (nSPS) is 20.1. The van der Waals surface area contributed by atoms with Gasteiger partial charge in [-0.15, -0.1) is 11.3 Å². The fourth-order valence-corrected chi connectivity index (χ4v) is 7.15. The fourth-order valence-electron chi connectivity index (χ4n) is 5.78. The van der Waals surface area contributed by atoms with Crippen molar-refractivity contribution in [1.82, 2.24) is 10.3 Å². The van der Waals surface area contributed by atoms with Crippen molar-refractivity contribution < 1.29 is 0 Å². The largest absolute Gasteiger partial charge is 0.381 e. The summed E-state index contributed by atoms with van der Waals surface area (Å²) in [7, 11) is 0. The van der Waals surface area contributed by atoms with E-state index in [4.69, 9.17) is 4.98 Å². The van der Waals surface area contributed by atoms with Crippen molar-refractivity contribution in [2.75, 3.05) is 4.90 Å². The Morgan fingerprint density at radius 1 is 0.889 bits per heavy atom. The second kappa shape index (κ2) is 8.96. The number of nitrogens with zero attached hydrogens (tertiary/aromatic N) is 2. The third-order valence-electron chi connectivity index (χ3n) is 7.33. The Kier molecular flexibility index (Phi) is 5.32. The SMILES string of the molecule is C1=CNC(c2c(-c3ccccn3)sc3c2C2=C(CCC=C2)C2=C(C=CCC2)N3c2ccccc2)C=C1. The molecule has 3 nitrogen and oxygen atoms in total. The summed E-state index contributed by atoms with van der Waals surface area (Å²) < 4.78 is 0. The summed E-state index contributed by atoms with van der Waals surface area (Å²) in [6, 6.07) is 17.2. The minimum absolute atomic E-state index is 0.0828. The van der Waals surface area contributed by atoms with Crippen LogP contribution in [0.5, 0.6) is 0 Å². The monoisotopic (exact) mass is 485 g/mol. The second-order valence-corrected chi connectivity index (χ2v) is 10.4. The number of thiophene rings is 1. The molecule has 0 fully saturated rings. The molecule has 2 aromatic heterocycles. The summed E-state index contributed by atoms with van der Waals surface area (Å²) in [6.45, 7) is 0. The highest BCUT2D eigenvalue weighted by Crippen LogP contribution is 2.55.